The molecular formula is C62H117NO3. The molecule has 0 rings (SSSR count). The van der Waals surface area contributed by atoms with Crippen molar-refractivity contribution in [2.24, 2.45) is 0 Å². The fourth-order valence-corrected chi connectivity index (χ4v) is 9.21. The molecule has 0 aromatic carbocycles. The number of amides is 1. The van der Waals surface area contributed by atoms with E-state index in [1.54, 1.807) is 6.08 Å². The Labute approximate surface area is 414 Å². The molecule has 4 heteroatoms. The number of aliphatic hydroxyl groups excluding tert-OH is 2. The first-order chi connectivity index (χ1) is 32.7. The Bertz CT molecular complexity index is 1050. The highest BCUT2D eigenvalue weighted by molar-refractivity contribution is 5.76. The van der Waals surface area contributed by atoms with E-state index in [-0.39, 0.29) is 12.5 Å². The quantitative estimate of drug-likeness (QED) is 0.0420. The van der Waals surface area contributed by atoms with Crippen LogP contribution in [0.1, 0.15) is 322 Å². The molecule has 0 saturated carbocycles. The van der Waals surface area contributed by atoms with E-state index in [0.29, 0.717) is 6.42 Å². The van der Waals surface area contributed by atoms with Gasteiger partial charge >= 0.3 is 0 Å². The number of hydrogen-bond acceptors (Lipinski definition) is 3. The van der Waals surface area contributed by atoms with Crippen LogP contribution in [0, 0.1) is 0 Å². The Kier molecular flexibility index (Phi) is 56.2. The topological polar surface area (TPSA) is 69.6 Å². The van der Waals surface area contributed by atoms with Gasteiger partial charge in [0.1, 0.15) is 0 Å². The first kappa shape index (κ1) is 64.3. The van der Waals surface area contributed by atoms with E-state index in [9.17, 15) is 15.0 Å². The fourth-order valence-electron chi connectivity index (χ4n) is 9.21. The minimum atomic E-state index is -0.869. The van der Waals surface area contributed by atoms with Crippen LogP contribution < -0.4 is 5.32 Å². The van der Waals surface area contributed by atoms with Crippen molar-refractivity contribution in [2.45, 2.75) is 334 Å². The highest BCUT2D eigenvalue weighted by Crippen LogP contribution is 2.17. The molecule has 0 fully saturated rings. The predicted molar refractivity (Wildman–Crippen MR) is 295 cm³/mol. The molecule has 2 atom stereocenters. The van der Waals surface area contributed by atoms with E-state index in [4.69, 9.17) is 0 Å². The second-order valence-electron chi connectivity index (χ2n) is 20.4. The van der Waals surface area contributed by atoms with Crippen LogP contribution in [0.25, 0.3) is 0 Å². The third-order valence-electron chi connectivity index (χ3n) is 13.8. The smallest absolute Gasteiger partial charge is 0.220 e. The minimum Gasteiger partial charge on any atom is -0.394 e. The van der Waals surface area contributed by atoms with Gasteiger partial charge in [-0.1, -0.05) is 294 Å². The number of aliphatic hydroxyl groups is 2. The Morgan fingerprint density at radius 3 is 0.879 bits per heavy atom. The standard InChI is InChI=1S/C62H117NO3/c1-3-5-7-9-11-13-15-17-19-21-22-23-24-25-26-27-28-29-30-31-32-33-34-35-36-37-38-39-40-42-44-46-48-50-52-54-56-58-62(66)63-60(59-64)61(65)57-55-53-51-49-47-45-43-41-20-18-16-14-12-10-8-6-4-2/h20-22,41,47,49,55,57,60-61,64-65H,3-19,23-40,42-46,48,50-54,56,58-59H2,1-2H3,(H,63,66)/b22-21-,41-20+,49-47+,57-55+. The van der Waals surface area contributed by atoms with Crippen LogP contribution in [0.3, 0.4) is 0 Å². The Morgan fingerprint density at radius 1 is 0.348 bits per heavy atom. The van der Waals surface area contributed by atoms with E-state index in [1.807, 2.05) is 6.08 Å². The van der Waals surface area contributed by atoms with Crippen molar-refractivity contribution in [3.05, 3.63) is 48.6 Å². The zero-order chi connectivity index (χ0) is 47.7. The number of nitrogens with one attached hydrogen (secondary N) is 1. The molecule has 0 aromatic heterocycles. The second kappa shape index (κ2) is 57.7. The summed E-state index contributed by atoms with van der Waals surface area (Å²) in [5.74, 6) is -0.0732. The van der Waals surface area contributed by atoms with Crippen molar-refractivity contribution in [3.63, 3.8) is 0 Å². The number of carbonyl (C=O) groups excluding carboxylic acids is 1. The van der Waals surface area contributed by atoms with Gasteiger partial charge in [-0.25, -0.2) is 0 Å². The van der Waals surface area contributed by atoms with Gasteiger partial charge in [-0.05, 0) is 70.6 Å². The van der Waals surface area contributed by atoms with Gasteiger partial charge in [0.05, 0.1) is 18.8 Å². The predicted octanol–water partition coefficient (Wildman–Crippen LogP) is 19.8. The maximum absolute atomic E-state index is 12.5. The molecule has 1 amide bonds. The normalized spacial score (nSPS) is 13.1. The van der Waals surface area contributed by atoms with Crippen LogP contribution >= 0.6 is 0 Å². The van der Waals surface area contributed by atoms with E-state index in [2.05, 4.69) is 55.6 Å². The average molecular weight is 925 g/mol. The molecule has 0 heterocycles. The van der Waals surface area contributed by atoms with Gasteiger partial charge in [0.2, 0.25) is 5.91 Å². The number of allylic oxidation sites excluding steroid dienone is 7. The summed E-state index contributed by atoms with van der Waals surface area (Å²) in [6.07, 6.45) is 80.2. The lowest BCUT2D eigenvalue weighted by molar-refractivity contribution is -0.123. The summed E-state index contributed by atoms with van der Waals surface area (Å²) in [5.41, 5.74) is 0. The Morgan fingerprint density at radius 2 is 0.591 bits per heavy atom. The van der Waals surface area contributed by atoms with E-state index >= 15 is 0 Å². The summed E-state index contributed by atoms with van der Waals surface area (Å²) in [4.78, 5) is 12.5. The van der Waals surface area contributed by atoms with Crippen LogP contribution in [-0.4, -0.2) is 34.9 Å². The van der Waals surface area contributed by atoms with Crippen molar-refractivity contribution in [1.29, 1.82) is 0 Å². The van der Waals surface area contributed by atoms with E-state index in [0.717, 1.165) is 38.5 Å². The van der Waals surface area contributed by atoms with Crippen LogP contribution in [0.5, 0.6) is 0 Å². The summed E-state index contributed by atoms with van der Waals surface area (Å²) in [6.45, 7) is 4.31. The molecule has 0 spiro atoms. The zero-order valence-corrected chi connectivity index (χ0v) is 44.7. The molecular weight excluding hydrogens is 807 g/mol. The molecule has 0 radical (unpaired) electrons. The van der Waals surface area contributed by atoms with Crippen LogP contribution in [0.15, 0.2) is 48.6 Å². The zero-order valence-electron chi connectivity index (χ0n) is 44.7. The number of hydrogen-bond donors (Lipinski definition) is 3. The molecule has 4 nitrogen and oxygen atoms in total. The molecule has 3 N–H and O–H groups in total. The largest absolute Gasteiger partial charge is 0.394 e. The van der Waals surface area contributed by atoms with Crippen LogP contribution in [0.2, 0.25) is 0 Å². The number of rotatable bonds is 55. The maximum Gasteiger partial charge on any atom is 0.220 e. The highest BCUT2D eigenvalue weighted by atomic mass is 16.3. The molecule has 66 heavy (non-hydrogen) atoms. The highest BCUT2D eigenvalue weighted by Gasteiger charge is 2.18. The van der Waals surface area contributed by atoms with Gasteiger partial charge in [0.15, 0.2) is 0 Å². The van der Waals surface area contributed by atoms with Gasteiger partial charge in [-0.2, -0.15) is 0 Å². The lowest BCUT2D eigenvalue weighted by atomic mass is 10.0. The molecule has 0 aliphatic carbocycles. The maximum atomic E-state index is 12.5. The fraction of sp³-hybridized carbons (Fsp3) is 0.855. The molecule has 0 aliphatic heterocycles. The van der Waals surface area contributed by atoms with Crippen LogP contribution in [-0.2, 0) is 4.79 Å². The molecule has 0 aliphatic rings. The van der Waals surface area contributed by atoms with Crippen molar-refractivity contribution < 1.29 is 15.0 Å². The summed E-state index contributed by atoms with van der Waals surface area (Å²) in [7, 11) is 0. The SMILES string of the molecule is CCCCCCCCC/C=C/CC/C=C/CC/C=C/C(O)C(CO)NC(=O)CCCCCCCCCCCCCCCCCCCCCCCCCCC/C=C\CCCCCCCCCC. The minimum absolute atomic E-state index is 0.0732. The molecule has 0 aromatic rings. The lowest BCUT2D eigenvalue weighted by Crippen LogP contribution is -2.45. The number of unbranched alkanes of at least 4 members (excludes halogenated alkanes) is 42. The van der Waals surface area contributed by atoms with Crippen molar-refractivity contribution >= 4 is 5.91 Å². The Hall–Kier alpha value is -1.65. The van der Waals surface area contributed by atoms with Crippen molar-refractivity contribution in [1.82, 2.24) is 5.32 Å². The van der Waals surface area contributed by atoms with Gasteiger partial charge in [0, 0.05) is 6.42 Å². The molecule has 0 bridgehead atoms. The second-order valence-corrected chi connectivity index (χ2v) is 20.4. The van der Waals surface area contributed by atoms with E-state index < -0.39 is 12.1 Å². The Balaban J connectivity index is 3.43. The summed E-state index contributed by atoms with van der Waals surface area (Å²) < 4.78 is 0. The van der Waals surface area contributed by atoms with Gasteiger partial charge in [-0.15, -0.1) is 0 Å². The third kappa shape index (κ3) is 53.3. The average Bonchev–Trinajstić information content (AvgIpc) is 3.32. The van der Waals surface area contributed by atoms with Crippen LogP contribution in [0.4, 0.5) is 0 Å². The first-order valence-corrected chi connectivity index (χ1v) is 29.9. The lowest BCUT2D eigenvalue weighted by Gasteiger charge is -2.19. The van der Waals surface area contributed by atoms with Gasteiger partial charge in [0.25, 0.3) is 0 Å². The summed E-state index contributed by atoms with van der Waals surface area (Å²) in [6, 6.07) is -0.645. The molecule has 388 valence electrons. The molecule has 0 saturated heterocycles. The van der Waals surface area contributed by atoms with Gasteiger partial charge in [-0.3, -0.25) is 4.79 Å². The van der Waals surface area contributed by atoms with Gasteiger partial charge < -0.3 is 15.5 Å². The first-order valence-electron chi connectivity index (χ1n) is 29.9. The summed E-state index contributed by atoms with van der Waals surface area (Å²) in [5, 5.41) is 23.1. The van der Waals surface area contributed by atoms with Crippen molar-refractivity contribution in [3.8, 4) is 0 Å². The third-order valence-corrected chi connectivity index (χ3v) is 13.8. The van der Waals surface area contributed by atoms with Crippen molar-refractivity contribution in [2.75, 3.05) is 6.61 Å². The number of carbonyl (C=O) groups is 1. The van der Waals surface area contributed by atoms with E-state index in [1.165, 1.54) is 263 Å². The summed E-state index contributed by atoms with van der Waals surface area (Å²) >= 11 is 0. The molecule has 2 unspecified atom stereocenters. The monoisotopic (exact) mass is 924 g/mol.